The van der Waals surface area contributed by atoms with Crippen LogP contribution < -0.4 is 16.0 Å². The lowest BCUT2D eigenvalue weighted by molar-refractivity contribution is 0.123. The van der Waals surface area contributed by atoms with Crippen molar-refractivity contribution < 1.29 is 4.74 Å². The third kappa shape index (κ3) is 2.86. The van der Waals surface area contributed by atoms with E-state index in [4.69, 9.17) is 10.5 Å². The summed E-state index contributed by atoms with van der Waals surface area (Å²) in [5, 5.41) is 3.40. The molecular weight excluding hydrogens is 250 g/mol. The minimum absolute atomic E-state index is 0.760. The van der Waals surface area contributed by atoms with E-state index in [1.54, 1.807) is 0 Å². The van der Waals surface area contributed by atoms with Crippen LogP contribution in [0.4, 0.5) is 22.7 Å². The maximum atomic E-state index is 6.10. The molecule has 1 aliphatic heterocycles. The topological polar surface area (TPSA) is 50.5 Å². The van der Waals surface area contributed by atoms with Gasteiger partial charge in [-0.15, -0.1) is 0 Å². The maximum Gasteiger partial charge on any atom is 0.0642 e. The van der Waals surface area contributed by atoms with E-state index in [2.05, 4.69) is 16.3 Å². The number of hydrogen-bond acceptors (Lipinski definition) is 4. The summed E-state index contributed by atoms with van der Waals surface area (Å²) in [5.74, 6) is 0. The summed E-state index contributed by atoms with van der Waals surface area (Å²) in [6.45, 7) is 3.30. The van der Waals surface area contributed by atoms with E-state index in [0.29, 0.717) is 0 Å². The van der Waals surface area contributed by atoms with E-state index >= 15 is 0 Å². The number of nitrogens with one attached hydrogen (secondary N) is 1. The zero-order valence-electron chi connectivity index (χ0n) is 11.4. The molecule has 0 spiro atoms. The van der Waals surface area contributed by atoms with Crippen molar-refractivity contribution in [2.75, 3.05) is 42.3 Å². The Balaban J connectivity index is 1.82. The molecule has 0 aromatic heterocycles. The SMILES string of the molecule is Nc1ccc(Nc2ccccc2)cc1N1CCOCC1. The molecule has 2 aromatic rings. The minimum Gasteiger partial charge on any atom is -0.397 e. The van der Waals surface area contributed by atoms with Crippen LogP contribution in [-0.4, -0.2) is 26.3 Å². The van der Waals surface area contributed by atoms with Crippen LogP contribution in [0.15, 0.2) is 48.5 Å². The second-order valence-corrected chi connectivity index (χ2v) is 4.86. The van der Waals surface area contributed by atoms with Gasteiger partial charge in [0.05, 0.1) is 24.6 Å². The normalized spacial score (nSPS) is 15.1. The van der Waals surface area contributed by atoms with Gasteiger partial charge in [-0.3, -0.25) is 0 Å². The average Bonchev–Trinajstić information content (AvgIpc) is 2.51. The second-order valence-electron chi connectivity index (χ2n) is 4.86. The molecular formula is C16H19N3O. The van der Waals surface area contributed by atoms with Crippen LogP contribution in [0.3, 0.4) is 0 Å². The van der Waals surface area contributed by atoms with Gasteiger partial charge in [0.1, 0.15) is 0 Å². The fourth-order valence-corrected chi connectivity index (χ4v) is 2.39. The van der Waals surface area contributed by atoms with Crippen LogP contribution in [0.2, 0.25) is 0 Å². The molecule has 0 unspecified atom stereocenters. The van der Waals surface area contributed by atoms with Crippen LogP contribution in [0, 0.1) is 0 Å². The zero-order chi connectivity index (χ0) is 13.8. The molecule has 1 fully saturated rings. The number of morpholine rings is 1. The van der Waals surface area contributed by atoms with Gasteiger partial charge in [0.25, 0.3) is 0 Å². The number of nitrogens with two attached hydrogens (primary N) is 1. The van der Waals surface area contributed by atoms with E-state index < -0.39 is 0 Å². The molecule has 3 N–H and O–H groups in total. The van der Waals surface area contributed by atoms with Crippen molar-refractivity contribution in [3.63, 3.8) is 0 Å². The van der Waals surface area contributed by atoms with Crippen molar-refractivity contribution in [2.45, 2.75) is 0 Å². The quantitative estimate of drug-likeness (QED) is 0.841. The first-order valence-electron chi connectivity index (χ1n) is 6.87. The van der Waals surface area contributed by atoms with Gasteiger partial charge in [-0.05, 0) is 30.3 Å². The molecule has 2 aromatic carbocycles. The maximum absolute atomic E-state index is 6.10. The lowest BCUT2D eigenvalue weighted by atomic mass is 10.2. The van der Waals surface area contributed by atoms with Crippen molar-refractivity contribution in [1.82, 2.24) is 0 Å². The minimum atomic E-state index is 0.760. The van der Waals surface area contributed by atoms with Crippen molar-refractivity contribution >= 4 is 22.7 Å². The molecule has 104 valence electrons. The molecule has 0 bridgehead atoms. The predicted octanol–water partition coefficient (Wildman–Crippen LogP) is 2.85. The van der Waals surface area contributed by atoms with Gasteiger partial charge in [0, 0.05) is 24.5 Å². The molecule has 0 amide bonds. The molecule has 0 radical (unpaired) electrons. The van der Waals surface area contributed by atoms with E-state index in [-0.39, 0.29) is 0 Å². The number of rotatable bonds is 3. The van der Waals surface area contributed by atoms with Crippen molar-refractivity contribution in [3.8, 4) is 0 Å². The third-order valence-electron chi connectivity index (χ3n) is 3.44. The first kappa shape index (κ1) is 12.8. The highest BCUT2D eigenvalue weighted by atomic mass is 16.5. The second kappa shape index (κ2) is 5.84. The van der Waals surface area contributed by atoms with Gasteiger partial charge < -0.3 is 20.7 Å². The Labute approximate surface area is 119 Å². The average molecular weight is 269 g/mol. The van der Waals surface area contributed by atoms with E-state index in [9.17, 15) is 0 Å². The van der Waals surface area contributed by atoms with Gasteiger partial charge in [0.15, 0.2) is 0 Å². The first-order chi connectivity index (χ1) is 9.83. The third-order valence-corrected chi connectivity index (χ3v) is 3.44. The van der Waals surface area contributed by atoms with E-state index in [1.165, 1.54) is 0 Å². The first-order valence-corrected chi connectivity index (χ1v) is 6.87. The van der Waals surface area contributed by atoms with Crippen LogP contribution in [-0.2, 0) is 4.74 Å². The highest BCUT2D eigenvalue weighted by molar-refractivity contribution is 5.75. The molecule has 1 heterocycles. The lowest BCUT2D eigenvalue weighted by Gasteiger charge is -2.30. The summed E-state index contributed by atoms with van der Waals surface area (Å²) in [7, 11) is 0. The number of nitrogen functional groups attached to an aromatic ring is 1. The largest absolute Gasteiger partial charge is 0.397 e. The molecule has 4 heteroatoms. The highest BCUT2D eigenvalue weighted by Crippen LogP contribution is 2.29. The number of hydrogen-bond donors (Lipinski definition) is 2. The summed E-state index contributed by atoms with van der Waals surface area (Å²) < 4.78 is 5.39. The summed E-state index contributed by atoms with van der Waals surface area (Å²) in [6.07, 6.45) is 0. The molecule has 20 heavy (non-hydrogen) atoms. The van der Waals surface area contributed by atoms with E-state index in [1.807, 2.05) is 42.5 Å². The molecule has 3 rings (SSSR count). The molecule has 4 nitrogen and oxygen atoms in total. The summed E-state index contributed by atoms with van der Waals surface area (Å²) in [6, 6.07) is 16.2. The van der Waals surface area contributed by atoms with Gasteiger partial charge in [-0.1, -0.05) is 18.2 Å². The number of nitrogens with zero attached hydrogens (tertiary/aromatic N) is 1. The Bertz CT molecular complexity index is 565. The number of para-hydroxylation sites is 1. The summed E-state index contributed by atoms with van der Waals surface area (Å²) in [4.78, 5) is 2.27. The Morgan fingerprint density at radius 3 is 2.45 bits per heavy atom. The molecule has 1 aliphatic rings. The predicted molar refractivity (Wildman–Crippen MR) is 83.6 cm³/mol. The number of ether oxygens (including phenoxy) is 1. The molecule has 0 atom stereocenters. The fraction of sp³-hybridized carbons (Fsp3) is 0.250. The Morgan fingerprint density at radius 2 is 1.70 bits per heavy atom. The van der Waals surface area contributed by atoms with Gasteiger partial charge >= 0.3 is 0 Å². The van der Waals surface area contributed by atoms with Crippen LogP contribution in [0.5, 0.6) is 0 Å². The van der Waals surface area contributed by atoms with Gasteiger partial charge in [0.2, 0.25) is 0 Å². The Morgan fingerprint density at radius 1 is 0.950 bits per heavy atom. The zero-order valence-corrected chi connectivity index (χ0v) is 11.4. The Hall–Kier alpha value is -2.20. The monoisotopic (exact) mass is 269 g/mol. The van der Waals surface area contributed by atoms with Crippen molar-refractivity contribution in [2.24, 2.45) is 0 Å². The fourth-order valence-electron chi connectivity index (χ4n) is 2.39. The highest BCUT2D eigenvalue weighted by Gasteiger charge is 2.14. The van der Waals surface area contributed by atoms with Crippen molar-refractivity contribution in [1.29, 1.82) is 0 Å². The number of anilines is 4. The lowest BCUT2D eigenvalue weighted by Crippen LogP contribution is -2.36. The van der Waals surface area contributed by atoms with Crippen LogP contribution >= 0.6 is 0 Å². The smallest absolute Gasteiger partial charge is 0.0642 e. The van der Waals surface area contributed by atoms with Gasteiger partial charge in [-0.2, -0.15) is 0 Å². The molecule has 0 saturated carbocycles. The van der Waals surface area contributed by atoms with Crippen molar-refractivity contribution in [3.05, 3.63) is 48.5 Å². The summed E-state index contributed by atoms with van der Waals surface area (Å²) >= 11 is 0. The molecule has 1 saturated heterocycles. The van der Waals surface area contributed by atoms with Gasteiger partial charge in [-0.25, -0.2) is 0 Å². The van der Waals surface area contributed by atoms with Crippen LogP contribution in [0.1, 0.15) is 0 Å². The van der Waals surface area contributed by atoms with Crippen LogP contribution in [0.25, 0.3) is 0 Å². The summed E-state index contributed by atoms with van der Waals surface area (Å²) in [5.41, 5.74) is 10.1. The molecule has 0 aliphatic carbocycles. The number of benzene rings is 2. The Kier molecular flexibility index (Phi) is 3.74. The standard InChI is InChI=1S/C16H19N3O/c17-15-7-6-14(18-13-4-2-1-3-5-13)12-16(15)19-8-10-20-11-9-19/h1-7,12,18H,8-11,17H2. The van der Waals surface area contributed by atoms with E-state index in [0.717, 1.165) is 49.1 Å².